The number of nitrogens with one attached hydrogen (secondary N) is 2. The number of halogens is 3. The van der Waals surface area contributed by atoms with E-state index in [-0.39, 0.29) is 21.9 Å². The average Bonchev–Trinajstić information content (AvgIpc) is 3.01. The Bertz CT molecular complexity index is 721. The van der Waals surface area contributed by atoms with Gasteiger partial charge in [-0.1, -0.05) is 0 Å². The van der Waals surface area contributed by atoms with E-state index < -0.39 is 23.7 Å². The van der Waals surface area contributed by atoms with E-state index in [2.05, 4.69) is 10.4 Å². The number of amides is 1. The number of aromatic carboxylic acids is 1. The summed E-state index contributed by atoms with van der Waals surface area (Å²) in [4.78, 5) is 22.9. The van der Waals surface area contributed by atoms with Crippen LogP contribution in [-0.2, 0) is 12.7 Å². The van der Waals surface area contributed by atoms with Crippen LogP contribution in [-0.4, -0.2) is 27.2 Å². The summed E-state index contributed by atoms with van der Waals surface area (Å²) in [5, 5.41) is 16.4. The summed E-state index contributed by atoms with van der Waals surface area (Å²) in [7, 11) is 0. The highest BCUT2D eigenvalue weighted by Crippen LogP contribution is 2.30. The molecular formula is C12H10F3N3O3S. The maximum atomic E-state index is 12.6. The lowest BCUT2D eigenvalue weighted by Crippen LogP contribution is -2.23. The third kappa shape index (κ3) is 3.27. The van der Waals surface area contributed by atoms with Gasteiger partial charge in [0.2, 0.25) is 0 Å². The first-order valence-corrected chi connectivity index (χ1v) is 6.73. The van der Waals surface area contributed by atoms with Crippen LogP contribution in [0.25, 0.3) is 0 Å². The van der Waals surface area contributed by atoms with Gasteiger partial charge in [-0.3, -0.25) is 9.89 Å². The number of thiophene rings is 1. The maximum absolute atomic E-state index is 12.6. The second kappa shape index (κ2) is 5.79. The number of hydrogen-bond acceptors (Lipinski definition) is 4. The van der Waals surface area contributed by atoms with Crippen LogP contribution in [0.2, 0.25) is 0 Å². The van der Waals surface area contributed by atoms with Crippen molar-refractivity contribution in [3.05, 3.63) is 38.8 Å². The summed E-state index contributed by atoms with van der Waals surface area (Å²) in [6.07, 6.45) is -3.61. The molecular weight excluding hydrogens is 323 g/mol. The monoisotopic (exact) mass is 333 g/mol. The summed E-state index contributed by atoms with van der Waals surface area (Å²) in [5.41, 5.74) is -0.809. The van der Waals surface area contributed by atoms with Crippen molar-refractivity contribution in [3.8, 4) is 0 Å². The SMILES string of the molecule is Cc1cc(C(=O)NCc2cn[nH]c2C(F)(F)F)sc1C(=O)O. The third-order valence-electron chi connectivity index (χ3n) is 2.78. The van der Waals surface area contributed by atoms with E-state index in [1.54, 1.807) is 0 Å². The molecule has 0 bridgehead atoms. The van der Waals surface area contributed by atoms with Crippen LogP contribution in [0.4, 0.5) is 13.2 Å². The van der Waals surface area contributed by atoms with Crippen LogP contribution >= 0.6 is 11.3 Å². The van der Waals surface area contributed by atoms with Crippen molar-refractivity contribution >= 4 is 23.2 Å². The van der Waals surface area contributed by atoms with Crippen LogP contribution in [0.15, 0.2) is 12.3 Å². The summed E-state index contributed by atoms with van der Waals surface area (Å²) in [6, 6.07) is 1.38. The van der Waals surface area contributed by atoms with Gasteiger partial charge in [-0.05, 0) is 18.6 Å². The Kier molecular flexibility index (Phi) is 4.22. The van der Waals surface area contributed by atoms with Gasteiger partial charge in [0.1, 0.15) is 10.6 Å². The number of nitrogens with zero attached hydrogens (tertiary/aromatic N) is 1. The number of rotatable bonds is 4. The number of aryl methyl sites for hydroxylation is 1. The van der Waals surface area contributed by atoms with Gasteiger partial charge in [-0.15, -0.1) is 11.3 Å². The number of carbonyl (C=O) groups is 2. The molecule has 118 valence electrons. The molecule has 0 radical (unpaired) electrons. The molecule has 0 fully saturated rings. The maximum Gasteiger partial charge on any atom is 0.433 e. The molecule has 2 rings (SSSR count). The highest BCUT2D eigenvalue weighted by atomic mass is 32.1. The van der Waals surface area contributed by atoms with Crippen LogP contribution in [0.3, 0.4) is 0 Å². The Morgan fingerprint density at radius 2 is 2.14 bits per heavy atom. The van der Waals surface area contributed by atoms with Gasteiger partial charge in [0.05, 0.1) is 11.1 Å². The fraction of sp³-hybridized carbons (Fsp3) is 0.250. The Morgan fingerprint density at radius 1 is 1.45 bits per heavy atom. The molecule has 0 aromatic carbocycles. The van der Waals surface area contributed by atoms with E-state index in [0.29, 0.717) is 5.56 Å². The fourth-order valence-electron chi connectivity index (χ4n) is 1.76. The molecule has 0 aliphatic carbocycles. The van der Waals surface area contributed by atoms with E-state index in [0.717, 1.165) is 17.5 Å². The normalized spacial score (nSPS) is 11.5. The van der Waals surface area contributed by atoms with Crippen molar-refractivity contribution in [2.45, 2.75) is 19.6 Å². The first-order chi connectivity index (χ1) is 10.2. The van der Waals surface area contributed by atoms with Crippen molar-refractivity contribution < 1.29 is 27.9 Å². The zero-order valence-corrected chi connectivity index (χ0v) is 11.9. The molecule has 0 aliphatic rings. The zero-order valence-electron chi connectivity index (χ0n) is 11.1. The molecule has 0 atom stereocenters. The predicted octanol–water partition coefficient (Wildman–Crippen LogP) is 2.43. The van der Waals surface area contributed by atoms with Crippen LogP contribution in [0, 0.1) is 6.92 Å². The second-order valence-electron chi connectivity index (χ2n) is 4.38. The molecule has 6 nitrogen and oxygen atoms in total. The molecule has 1 amide bonds. The first-order valence-electron chi connectivity index (χ1n) is 5.91. The van der Waals surface area contributed by atoms with E-state index in [1.165, 1.54) is 13.0 Å². The number of aromatic nitrogens is 2. The predicted molar refractivity (Wildman–Crippen MR) is 70.8 cm³/mol. The van der Waals surface area contributed by atoms with Gasteiger partial charge in [0.15, 0.2) is 0 Å². The lowest BCUT2D eigenvalue weighted by Gasteiger charge is -2.07. The van der Waals surface area contributed by atoms with Crippen LogP contribution < -0.4 is 5.32 Å². The molecule has 0 spiro atoms. The minimum Gasteiger partial charge on any atom is -0.477 e. The van der Waals surface area contributed by atoms with Gasteiger partial charge < -0.3 is 10.4 Å². The Hall–Kier alpha value is -2.36. The molecule has 0 saturated carbocycles. The van der Waals surface area contributed by atoms with Gasteiger partial charge in [0, 0.05) is 12.1 Å². The van der Waals surface area contributed by atoms with Gasteiger partial charge >= 0.3 is 12.1 Å². The van der Waals surface area contributed by atoms with Gasteiger partial charge in [-0.2, -0.15) is 18.3 Å². The molecule has 0 unspecified atom stereocenters. The van der Waals surface area contributed by atoms with Crippen LogP contribution in [0.1, 0.15) is 36.2 Å². The molecule has 0 aliphatic heterocycles. The second-order valence-corrected chi connectivity index (χ2v) is 5.43. The Morgan fingerprint density at radius 3 is 2.68 bits per heavy atom. The van der Waals surface area contributed by atoms with Crippen molar-refractivity contribution in [1.29, 1.82) is 0 Å². The average molecular weight is 333 g/mol. The highest BCUT2D eigenvalue weighted by molar-refractivity contribution is 7.16. The largest absolute Gasteiger partial charge is 0.477 e. The summed E-state index contributed by atoms with van der Waals surface area (Å²) in [6.45, 7) is 1.16. The molecule has 22 heavy (non-hydrogen) atoms. The number of carbonyl (C=O) groups excluding carboxylic acids is 1. The van der Waals surface area contributed by atoms with Crippen molar-refractivity contribution in [2.24, 2.45) is 0 Å². The van der Waals surface area contributed by atoms with E-state index in [1.807, 2.05) is 5.10 Å². The van der Waals surface area contributed by atoms with Crippen molar-refractivity contribution in [2.75, 3.05) is 0 Å². The number of carboxylic acids is 1. The summed E-state index contributed by atoms with van der Waals surface area (Å²) < 4.78 is 37.9. The van der Waals surface area contributed by atoms with E-state index in [4.69, 9.17) is 5.11 Å². The van der Waals surface area contributed by atoms with E-state index in [9.17, 15) is 22.8 Å². The zero-order chi connectivity index (χ0) is 16.5. The number of carboxylic acid groups (broad SMARTS) is 1. The lowest BCUT2D eigenvalue weighted by atomic mass is 10.2. The molecule has 2 aromatic heterocycles. The van der Waals surface area contributed by atoms with Crippen molar-refractivity contribution in [3.63, 3.8) is 0 Å². The number of aromatic amines is 1. The minimum absolute atomic E-state index is 0.0180. The van der Waals surface area contributed by atoms with Crippen LogP contribution in [0.5, 0.6) is 0 Å². The first kappa shape index (κ1) is 16.0. The third-order valence-corrected chi connectivity index (χ3v) is 4.00. The number of alkyl halides is 3. The lowest BCUT2D eigenvalue weighted by molar-refractivity contribution is -0.141. The standard InChI is InChI=1S/C12H10F3N3O3S/c1-5-2-7(22-8(5)11(20)21)10(19)16-3-6-4-17-18-9(6)12(13,14)15/h2,4H,3H2,1H3,(H,16,19)(H,17,18)(H,20,21). The highest BCUT2D eigenvalue weighted by Gasteiger charge is 2.35. The molecule has 2 aromatic rings. The molecule has 10 heteroatoms. The van der Waals surface area contributed by atoms with Gasteiger partial charge in [0.25, 0.3) is 5.91 Å². The molecule has 3 N–H and O–H groups in total. The quantitative estimate of drug-likeness (QED) is 0.801. The smallest absolute Gasteiger partial charge is 0.433 e. The van der Waals surface area contributed by atoms with Gasteiger partial charge in [-0.25, -0.2) is 4.79 Å². The Labute approximate surface area is 126 Å². The Balaban J connectivity index is 2.09. The topological polar surface area (TPSA) is 95.1 Å². The molecule has 2 heterocycles. The number of H-pyrrole nitrogens is 1. The summed E-state index contributed by atoms with van der Waals surface area (Å²) in [5.74, 6) is -1.80. The van der Waals surface area contributed by atoms with E-state index >= 15 is 0 Å². The minimum atomic E-state index is -4.59. The summed E-state index contributed by atoms with van der Waals surface area (Å²) >= 11 is 0.765. The number of hydrogen-bond donors (Lipinski definition) is 3. The van der Waals surface area contributed by atoms with Crippen molar-refractivity contribution in [1.82, 2.24) is 15.5 Å². The molecule has 0 saturated heterocycles. The fourth-order valence-corrected chi connectivity index (χ4v) is 2.69.